The lowest BCUT2D eigenvalue weighted by molar-refractivity contribution is 0.0948. The van der Waals surface area contributed by atoms with Crippen LogP contribution in [0.3, 0.4) is 0 Å². The van der Waals surface area contributed by atoms with Gasteiger partial charge in [0.05, 0.1) is 11.3 Å². The number of nitrogens with zero attached hydrogens (tertiary/aromatic N) is 3. The number of aromatic nitrogens is 2. The van der Waals surface area contributed by atoms with Crippen molar-refractivity contribution in [1.82, 2.24) is 15.3 Å². The summed E-state index contributed by atoms with van der Waals surface area (Å²) >= 11 is 0. The minimum absolute atomic E-state index is 0.176. The summed E-state index contributed by atoms with van der Waals surface area (Å²) < 4.78 is 13.9. The molecule has 1 saturated heterocycles. The first-order valence-electron chi connectivity index (χ1n) is 14.2. The molecule has 200 valence electrons. The van der Waals surface area contributed by atoms with Crippen molar-refractivity contribution in [2.24, 2.45) is 5.92 Å². The largest absolute Gasteiger partial charge is 0.348 e. The first-order valence-corrected chi connectivity index (χ1v) is 14.2. The van der Waals surface area contributed by atoms with Crippen molar-refractivity contribution in [1.29, 1.82) is 0 Å². The number of halogens is 1. The number of carbonyl (C=O) groups is 1. The van der Waals surface area contributed by atoms with Crippen LogP contribution in [-0.4, -0.2) is 29.0 Å². The van der Waals surface area contributed by atoms with Crippen molar-refractivity contribution in [3.05, 3.63) is 101 Å². The lowest BCUT2D eigenvalue weighted by Gasteiger charge is -2.34. The van der Waals surface area contributed by atoms with Crippen LogP contribution in [0, 0.1) is 11.7 Å². The first-order chi connectivity index (χ1) is 19.0. The van der Waals surface area contributed by atoms with E-state index < -0.39 is 5.41 Å². The number of hydrogen-bond acceptors (Lipinski definition) is 4. The molecule has 0 unspecified atom stereocenters. The Balaban J connectivity index is 1.38. The summed E-state index contributed by atoms with van der Waals surface area (Å²) in [5.74, 6) is 0.951. The van der Waals surface area contributed by atoms with Gasteiger partial charge in [0, 0.05) is 31.2 Å². The maximum atomic E-state index is 13.9. The van der Waals surface area contributed by atoms with Gasteiger partial charge in [0.1, 0.15) is 5.82 Å². The average molecular weight is 523 g/mol. The molecule has 1 aromatic heterocycles. The van der Waals surface area contributed by atoms with E-state index in [0.29, 0.717) is 24.0 Å². The second-order valence-electron chi connectivity index (χ2n) is 11.2. The summed E-state index contributed by atoms with van der Waals surface area (Å²) in [4.78, 5) is 25.9. The summed E-state index contributed by atoms with van der Waals surface area (Å²) in [6.07, 6.45) is 7.75. The van der Waals surface area contributed by atoms with Gasteiger partial charge < -0.3 is 10.2 Å². The quantitative estimate of drug-likeness (QED) is 0.303. The van der Waals surface area contributed by atoms with Crippen molar-refractivity contribution in [3.63, 3.8) is 0 Å². The molecule has 0 bridgehead atoms. The highest BCUT2D eigenvalue weighted by atomic mass is 19.1. The normalized spacial score (nSPS) is 17.4. The van der Waals surface area contributed by atoms with Crippen molar-refractivity contribution in [2.45, 2.75) is 57.4 Å². The highest BCUT2D eigenvalue weighted by Gasteiger charge is 2.42. The molecule has 6 rings (SSSR count). The van der Waals surface area contributed by atoms with Gasteiger partial charge in [-0.3, -0.25) is 4.79 Å². The molecule has 1 aliphatic carbocycles. The molecule has 3 aromatic carbocycles. The number of benzene rings is 3. The fourth-order valence-electron chi connectivity index (χ4n) is 6.39. The molecular formula is C33H35FN4O. The highest BCUT2D eigenvalue weighted by molar-refractivity contribution is 5.96. The van der Waals surface area contributed by atoms with E-state index >= 15 is 0 Å². The lowest BCUT2D eigenvalue weighted by atomic mass is 9.74. The zero-order chi connectivity index (χ0) is 26.8. The number of amides is 1. The SMILES string of the molecule is CC1CCN(c2ncc(C(=O)NCc3cccc4ccccc34)c(C3(c4ccc(F)cc4)CCCC3)n2)CC1. The van der Waals surface area contributed by atoms with Crippen LogP contribution in [-0.2, 0) is 12.0 Å². The van der Waals surface area contributed by atoms with Crippen molar-refractivity contribution in [3.8, 4) is 0 Å². The molecule has 0 spiro atoms. The Morgan fingerprint density at radius 3 is 2.49 bits per heavy atom. The predicted octanol–water partition coefficient (Wildman–Crippen LogP) is 6.80. The number of fused-ring (bicyclic) bond motifs is 1. The van der Waals surface area contributed by atoms with Gasteiger partial charge in [-0.25, -0.2) is 14.4 Å². The third kappa shape index (κ3) is 5.00. The zero-order valence-corrected chi connectivity index (χ0v) is 22.5. The number of carbonyl (C=O) groups excluding carboxylic acids is 1. The molecule has 0 radical (unpaired) electrons. The van der Waals surface area contributed by atoms with Gasteiger partial charge in [-0.1, -0.05) is 74.4 Å². The van der Waals surface area contributed by atoms with Crippen LogP contribution in [0.5, 0.6) is 0 Å². The topological polar surface area (TPSA) is 58.1 Å². The van der Waals surface area contributed by atoms with E-state index in [0.717, 1.165) is 79.2 Å². The molecule has 0 atom stereocenters. The fraction of sp³-hybridized carbons (Fsp3) is 0.364. The van der Waals surface area contributed by atoms with Crippen LogP contribution in [0.4, 0.5) is 10.3 Å². The van der Waals surface area contributed by atoms with Gasteiger partial charge in [0.15, 0.2) is 0 Å². The van der Waals surface area contributed by atoms with Gasteiger partial charge in [0.25, 0.3) is 5.91 Å². The number of hydrogen-bond donors (Lipinski definition) is 1. The van der Waals surface area contributed by atoms with Crippen molar-refractivity contribution < 1.29 is 9.18 Å². The van der Waals surface area contributed by atoms with Crippen LogP contribution in [0.1, 0.15) is 72.6 Å². The van der Waals surface area contributed by atoms with E-state index in [1.807, 2.05) is 30.3 Å². The smallest absolute Gasteiger partial charge is 0.255 e. The summed E-state index contributed by atoms with van der Waals surface area (Å²) in [6, 6.07) is 21.1. The molecule has 1 aliphatic heterocycles. The molecule has 1 amide bonds. The minimum atomic E-state index is -0.444. The molecule has 1 saturated carbocycles. The third-order valence-electron chi connectivity index (χ3n) is 8.71. The van der Waals surface area contributed by atoms with Gasteiger partial charge in [-0.2, -0.15) is 0 Å². The van der Waals surface area contributed by atoms with Gasteiger partial charge in [0.2, 0.25) is 5.95 Å². The molecular weight excluding hydrogens is 487 g/mol. The molecule has 4 aromatic rings. The second kappa shape index (κ2) is 10.8. The van der Waals surface area contributed by atoms with Crippen LogP contribution in [0.2, 0.25) is 0 Å². The second-order valence-corrected chi connectivity index (χ2v) is 11.2. The molecule has 39 heavy (non-hydrogen) atoms. The molecule has 2 fully saturated rings. The van der Waals surface area contributed by atoms with Gasteiger partial charge >= 0.3 is 0 Å². The Morgan fingerprint density at radius 1 is 1.00 bits per heavy atom. The number of anilines is 1. The molecule has 6 heteroatoms. The summed E-state index contributed by atoms with van der Waals surface area (Å²) in [5, 5.41) is 5.44. The predicted molar refractivity (Wildman–Crippen MR) is 153 cm³/mol. The molecule has 1 N–H and O–H groups in total. The first kappa shape index (κ1) is 25.5. The van der Waals surface area contributed by atoms with Crippen LogP contribution >= 0.6 is 0 Å². The Labute approximate surface area is 229 Å². The van der Waals surface area contributed by atoms with Gasteiger partial charge in [-0.05, 0) is 65.6 Å². The number of rotatable bonds is 6. The summed E-state index contributed by atoms with van der Waals surface area (Å²) in [6.45, 7) is 4.53. The lowest BCUT2D eigenvalue weighted by Crippen LogP contribution is -2.37. The zero-order valence-electron chi connectivity index (χ0n) is 22.5. The molecule has 2 heterocycles. The maximum absolute atomic E-state index is 13.9. The van der Waals surface area contributed by atoms with E-state index in [2.05, 4.69) is 41.4 Å². The standard InChI is InChI=1S/C33H35FN4O/c1-23-15-19-38(20-16-23)32-36-22-29(31(39)35-21-25-9-6-8-24-7-2-3-10-28(24)25)30(37-32)33(17-4-5-18-33)26-11-13-27(34)14-12-26/h2-3,6-14,22-23H,4-5,15-21H2,1H3,(H,35,39). The monoisotopic (exact) mass is 522 g/mol. The average Bonchev–Trinajstić information content (AvgIpc) is 3.47. The summed E-state index contributed by atoms with van der Waals surface area (Å²) in [7, 11) is 0. The van der Waals surface area contributed by atoms with E-state index in [1.165, 1.54) is 12.1 Å². The Kier molecular flexibility index (Phi) is 7.03. The highest BCUT2D eigenvalue weighted by Crippen LogP contribution is 2.47. The van der Waals surface area contributed by atoms with E-state index in [-0.39, 0.29) is 11.7 Å². The Bertz CT molecular complexity index is 1470. The van der Waals surface area contributed by atoms with E-state index in [1.54, 1.807) is 6.20 Å². The van der Waals surface area contributed by atoms with Crippen molar-refractivity contribution >= 4 is 22.6 Å². The molecule has 5 nitrogen and oxygen atoms in total. The van der Waals surface area contributed by atoms with Crippen LogP contribution < -0.4 is 10.2 Å². The van der Waals surface area contributed by atoms with Crippen LogP contribution in [0.15, 0.2) is 72.9 Å². The van der Waals surface area contributed by atoms with Gasteiger partial charge in [-0.15, -0.1) is 0 Å². The summed E-state index contributed by atoms with van der Waals surface area (Å²) in [5.41, 5.74) is 2.92. The van der Waals surface area contributed by atoms with E-state index in [9.17, 15) is 9.18 Å². The molecule has 2 aliphatic rings. The maximum Gasteiger partial charge on any atom is 0.255 e. The fourth-order valence-corrected chi connectivity index (χ4v) is 6.39. The van der Waals surface area contributed by atoms with Crippen LogP contribution in [0.25, 0.3) is 10.8 Å². The third-order valence-corrected chi connectivity index (χ3v) is 8.71. The Hall–Kier alpha value is -3.80. The minimum Gasteiger partial charge on any atom is -0.348 e. The number of nitrogens with one attached hydrogen (secondary N) is 1. The van der Waals surface area contributed by atoms with Crippen molar-refractivity contribution in [2.75, 3.05) is 18.0 Å². The van der Waals surface area contributed by atoms with E-state index in [4.69, 9.17) is 9.97 Å². The number of piperidine rings is 1. The Morgan fingerprint density at radius 2 is 1.72 bits per heavy atom.